The summed E-state index contributed by atoms with van der Waals surface area (Å²) in [6, 6.07) is 11.7. The first-order chi connectivity index (χ1) is 11.5. The van der Waals surface area contributed by atoms with Gasteiger partial charge in [-0.05, 0) is 35.9 Å². The highest BCUT2D eigenvalue weighted by atomic mass is 35.5. The van der Waals surface area contributed by atoms with Crippen molar-refractivity contribution in [2.45, 2.75) is 0 Å². The first-order valence-electron chi connectivity index (χ1n) is 7.25. The Kier molecular flexibility index (Phi) is 6.17. The summed E-state index contributed by atoms with van der Waals surface area (Å²) in [5, 5.41) is 22.8. The maximum Gasteiger partial charge on any atom is 0.275 e. The number of hydrogen-bond acceptors (Lipinski definition) is 5. The molecule has 126 valence electrons. The molecule has 0 fully saturated rings. The topological polar surface area (TPSA) is 85.2 Å². The largest absolute Gasteiger partial charge is 0.507 e. The van der Waals surface area contributed by atoms with Gasteiger partial charge in [0.2, 0.25) is 0 Å². The molecule has 24 heavy (non-hydrogen) atoms. The number of carbonyl (C=O) groups excluding carboxylic acids is 1. The monoisotopic (exact) mass is 347 g/mol. The fraction of sp³-hybridized carbons (Fsp3) is 0.176. The van der Waals surface area contributed by atoms with Gasteiger partial charge in [0.25, 0.3) is 5.91 Å². The molecule has 2 aromatic carbocycles. The number of hydrazone groups is 1. The van der Waals surface area contributed by atoms with Gasteiger partial charge in [0, 0.05) is 24.3 Å². The Morgan fingerprint density at radius 2 is 2.00 bits per heavy atom. The summed E-state index contributed by atoms with van der Waals surface area (Å²) in [5.74, 6) is -0.714. The molecule has 0 atom stereocenters. The number of likely N-dealkylation sites (N-methyl/N-ethyl adjacent to an activating group) is 1. The quantitative estimate of drug-likeness (QED) is 0.552. The van der Waals surface area contributed by atoms with Crippen molar-refractivity contribution in [3.63, 3.8) is 0 Å². The van der Waals surface area contributed by atoms with Crippen LogP contribution in [-0.2, 0) is 0 Å². The molecule has 3 N–H and O–H groups in total. The van der Waals surface area contributed by atoms with E-state index in [0.717, 1.165) is 11.3 Å². The Morgan fingerprint density at radius 1 is 1.29 bits per heavy atom. The molecule has 0 saturated heterocycles. The Labute approximate surface area is 145 Å². The van der Waals surface area contributed by atoms with E-state index in [1.165, 1.54) is 24.4 Å². The Hall–Kier alpha value is -2.57. The number of nitrogens with one attached hydrogen (secondary N) is 1. The van der Waals surface area contributed by atoms with Crippen LogP contribution in [0.1, 0.15) is 15.9 Å². The summed E-state index contributed by atoms with van der Waals surface area (Å²) in [6.07, 6.45) is 1.50. The maximum absolute atomic E-state index is 11.9. The molecule has 0 heterocycles. The predicted octanol–water partition coefficient (Wildman–Crippen LogP) is 2.24. The lowest BCUT2D eigenvalue weighted by Gasteiger charge is -2.17. The number of phenols is 1. The zero-order valence-corrected chi connectivity index (χ0v) is 13.9. The van der Waals surface area contributed by atoms with Gasteiger partial charge in [0.05, 0.1) is 18.4 Å². The van der Waals surface area contributed by atoms with Gasteiger partial charge in [0.1, 0.15) is 5.75 Å². The van der Waals surface area contributed by atoms with E-state index in [1.54, 1.807) is 0 Å². The van der Waals surface area contributed by atoms with Crippen molar-refractivity contribution >= 4 is 29.4 Å². The van der Waals surface area contributed by atoms with Gasteiger partial charge in [-0.15, -0.1) is 0 Å². The zero-order valence-electron chi connectivity index (χ0n) is 13.1. The number of benzene rings is 2. The summed E-state index contributed by atoms with van der Waals surface area (Å²) in [6.45, 7) is 0.634. The van der Waals surface area contributed by atoms with Gasteiger partial charge in [-0.1, -0.05) is 23.7 Å². The number of hydrogen-bond donors (Lipinski definition) is 3. The number of amides is 1. The second kappa shape index (κ2) is 8.33. The number of anilines is 1. The van der Waals surface area contributed by atoms with Crippen molar-refractivity contribution in [3.8, 4) is 5.75 Å². The molecule has 7 heteroatoms. The average molecular weight is 348 g/mol. The number of phenolic OH excluding ortho intramolecular Hbond substituents is 1. The molecular formula is C17H18ClN3O3. The molecule has 0 spiro atoms. The van der Waals surface area contributed by atoms with Crippen LogP contribution in [0.5, 0.6) is 5.75 Å². The number of halogens is 1. The van der Waals surface area contributed by atoms with Crippen molar-refractivity contribution in [1.82, 2.24) is 5.43 Å². The molecule has 0 aliphatic carbocycles. The highest BCUT2D eigenvalue weighted by Gasteiger charge is 2.10. The van der Waals surface area contributed by atoms with E-state index in [1.807, 2.05) is 36.2 Å². The van der Waals surface area contributed by atoms with Gasteiger partial charge >= 0.3 is 0 Å². The first kappa shape index (κ1) is 17.8. The van der Waals surface area contributed by atoms with E-state index in [0.29, 0.717) is 11.6 Å². The molecule has 0 aliphatic heterocycles. The van der Waals surface area contributed by atoms with Crippen LogP contribution < -0.4 is 10.3 Å². The van der Waals surface area contributed by atoms with Crippen LogP contribution in [0.25, 0.3) is 0 Å². The van der Waals surface area contributed by atoms with Gasteiger partial charge in [0.15, 0.2) is 0 Å². The summed E-state index contributed by atoms with van der Waals surface area (Å²) < 4.78 is 0. The van der Waals surface area contributed by atoms with E-state index in [-0.39, 0.29) is 17.9 Å². The molecule has 0 aromatic heterocycles. The first-order valence-corrected chi connectivity index (χ1v) is 7.63. The minimum atomic E-state index is -0.550. The fourth-order valence-electron chi connectivity index (χ4n) is 2.01. The molecule has 0 bridgehead atoms. The Balaban J connectivity index is 1.98. The van der Waals surface area contributed by atoms with Crippen molar-refractivity contribution in [3.05, 3.63) is 58.6 Å². The van der Waals surface area contributed by atoms with E-state index in [9.17, 15) is 9.90 Å². The molecular weight excluding hydrogens is 330 g/mol. The second-order valence-electron chi connectivity index (χ2n) is 5.10. The van der Waals surface area contributed by atoms with Gasteiger partial charge in [-0.25, -0.2) is 5.43 Å². The summed E-state index contributed by atoms with van der Waals surface area (Å²) in [5.41, 5.74) is 4.16. The van der Waals surface area contributed by atoms with Gasteiger partial charge < -0.3 is 15.1 Å². The molecule has 0 radical (unpaired) electrons. The summed E-state index contributed by atoms with van der Waals surface area (Å²) >= 11 is 5.80. The SMILES string of the molecule is CN(CCO)c1ccc(/C=N\NC(=O)c2cc(Cl)ccc2O)cc1. The third kappa shape index (κ3) is 4.71. The molecule has 6 nitrogen and oxygen atoms in total. The van der Waals surface area contributed by atoms with E-state index in [2.05, 4.69) is 10.5 Å². The van der Waals surface area contributed by atoms with Crippen LogP contribution in [0.4, 0.5) is 5.69 Å². The van der Waals surface area contributed by atoms with E-state index in [4.69, 9.17) is 16.7 Å². The third-order valence-electron chi connectivity index (χ3n) is 3.35. The maximum atomic E-state index is 11.9. The average Bonchev–Trinajstić information content (AvgIpc) is 2.57. The Morgan fingerprint density at radius 3 is 2.67 bits per heavy atom. The van der Waals surface area contributed by atoms with Gasteiger partial charge in [-0.3, -0.25) is 4.79 Å². The summed E-state index contributed by atoms with van der Waals surface area (Å²) in [7, 11) is 1.89. The molecule has 0 aliphatic rings. The van der Waals surface area contributed by atoms with Gasteiger partial charge in [-0.2, -0.15) is 5.10 Å². The predicted molar refractivity (Wildman–Crippen MR) is 95.0 cm³/mol. The van der Waals surface area contributed by atoms with Crippen molar-refractivity contribution in [2.75, 3.05) is 25.1 Å². The lowest BCUT2D eigenvalue weighted by Crippen LogP contribution is -2.20. The van der Waals surface area contributed by atoms with Crippen LogP contribution in [0.15, 0.2) is 47.6 Å². The second-order valence-corrected chi connectivity index (χ2v) is 5.53. The zero-order chi connectivity index (χ0) is 17.5. The van der Waals surface area contributed by atoms with Crippen molar-refractivity contribution < 1.29 is 15.0 Å². The summed E-state index contributed by atoms with van der Waals surface area (Å²) in [4.78, 5) is 13.9. The van der Waals surface area contributed by atoms with E-state index >= 15 is 0 Å². The normalized spacial score (nSPS) is 10.8. The number of rotatable bonds is 6. The number of aliphatic hydroxyl groups excluding tert-OH is 1. The van der Waals surface area contributed by atoms with Crippen LogP contribution in [0.2, 0.25) is 5.02 Å². The number of aliphatic hydroxyl groups is 1. The van der Waals surface area contributed by atoms with Crippen LogP contribution in [-0.4, -0.2) is 42.5 Å². The van der Waals surface area contributed by atoms with Crippen LogP contribution in [0, 0.1) is 0 Å². The minimum Gasteiger partial charge on any atom is -0.507 e. The van der Waals surface area contributed by atoms with Crippen molar-refractivity contribution in [2.24, 2.45) is 5.10 Å². The fourth-order valence-corrected chi connectivity index (χ4v) is 2.18. The third-order valence-corrected chi connectivity index (χ3v) is 3.59. The van der Waals surface area contributed by atoms with Crippen LogP contribution in [0.3, 0.4) is 0 Å². The molecule has 2 rings (SSSR count). The standard InChI is InChI=1S/C17H18ClN3O3/c1-21(8-9-22)14-5-2-12(3-6-14)11-19-20-17(24)15-10-13(18)4-7-16(15)23/h2-7,10-11,22-23H,8-9H2,1H3,(H,20,24)/b19-11-. The number of nitrogens with zero attached hydrogens (tertiary/aromatic N) is 2. The van der Waals surface area contributed by atoms with Crippen molar-refractivity contribution in [1.29, 1.82) is 0 Å². The highest BCUT2D eigenvalue weighted by molar-refractivity contribution is 6.31. The van der Waals surface area contributed by atoms with Crippen LogP contribution >= 0.6 is 11.6 Å². The van der Waals surface area contributed by atoms with E-state index < -0.39 is 5.91 Å². The number of aromatic hydroxyl groups is 1. The molecule has 2 aromatic rings. The Bertz CT molecular complexity index is 732. The number of carbonyl (C=O) groups is 1. The lowest BCUT2D eigenvalue weighted by atomic mass is 10.2. The molecule has 0 unspecified atom stereocenters. The molecule has 1 amide bonds. The lowest BCUT2D eigenvalue weighted by molar-refractivity contribution is 0.0952. The molecule has 0 saturated carbocycles. The minimum absolute atomic E-state index is 0.0561. The highest BCUT2D eigenvalue weighted by Crippen LogP contribution is 2.21. The smallest absolute Gasteiger partial charge is 0.275 e.